The normalized spacial score (nSPS) is 16.9. The van der Waals surface area contributed by atoms with Crippen molar-refractivity contribution in [2.45, 2.75) is 12.8 Å². The first-order valence-corrected chi connectivity index (χ1v) is 7.45. The van der Waals surface area contributed by atoms with Gasteiger partial charge in [-0.3, -0.25) is 9.59 Å². The van der Waals surface area contributed by atoms with Crippen LogP contribution in [0.3, 0.4) is 0 Å². The number of carbonyl (C=O) groups excluding carboxylic acids is 1. The molecular weight excluding hydrogens is 274 g/mol. The molecule has 1 aromatic heterocycles. The molecule has 0 saturated carbocycles. The monoisotopic (exact) mass is 289 g/mol. The minimum atomic E-state index is -0.140. The Balaban J connectivity index is 1.75. The average Bonchev–Trinajstić information content (AvgIpc) is 2.85. The highest BCUT2D eigenvalue weighted by molar-refractivity contribution is 6.12. The van der Waals surface area contributed by atoms with Crippen molar-refractivity contribution in [1.29, 1.82) is 0 Å². The number of aromatic amines is 1. The largest absolute Gasteiger partial charge is 0.322 e. The van der Waals surface area contributed by atoms with Crippen molar-refractivity contribution < 1.29 is 4.79 Å². The van der Waals surface area contributed by atoms with E-state index in [1.165, 1.54) is 11.6 Å². The fourth-order valence-corrected chi connectivity index (χ4v) is 3.37. The lowest BCUT2D eigenvalue weighted by molar-refractivity contribution is 0.0937. The summed E-state index contributed by atoms with van der Waals surface area (Å²) in [5, 5.41) is 0.859. The van der Waals surface area contributed by atoms with Crippen LogP contribution < -0.4 is 5.56 Å². The third-order valence-corrected chi connectivity index (χ3v) is 4.40. The van der Waals surface area contributed by atoms with E-state index in [9.17, 15) is 9.59 Å². The second-order valence-corrected chi connectivity index (χ2v) is 5.84. The van der Waals surface area contributed by atoms with E-state index in [0.717, 1.165) is 34.9 Å². The second-order valence-electron chi connectivity index (χ2n) is 5.84. The molecule has 0 spiro atoms. The number of hydrogen-bond acceptors (Lipinski definition) is 2. The van der Waals surface area contributed by atoms with Crippen LogP contribution in [0.25, 0.3) is 10.9 Å². The number of benzene rings is 2. The molecule has 1 aliphatic carbocycles. The number of Topliss-reactive ketones (excluding diaryl/α,β-unsaturated/α-hetero) is 1. The number of fused-ring (bicyclic) bond motifs is 3. The van der Waals surface area contributed by atoms with Gasteiger partial charge in [0.15, 0.2) is 5.78 Å². The standard InChI is InChI=1S/C19H15NO2/c21-17-9-7-15-16(20-17)8-6-13-11-14(19(22)18(13)15)10-12-4-2-1-3-5-12/h1-9,14H,10-11H2,(H,20,21). The van der Waals surface area contributed by atoms with Crippen LogP contribution in [0.4, 0.5) is 0 Å². The number of pyridine rings is 1. The van der Waals surface area contributed by atoms with Gasteiger partial charge in [-0.2, -0.15) is 0 Å². The molecule has 4 rings (SSSR count). The molecular formula is C19H15NO2. The summed E-state index contributed by atoms with van der Waals surface area (Å²) >= 11 is 0. The first-order valence-electron chi connectivity index (χ1n) is 7.45. The molecule has 0 aliphatic heterocycles. The molecule has 0 fully saturated rings. The van der Waals surface area contributed by atoms with E-state index in [-0.39, 0.29) is 17.3 Å². The van der Waals surface area contributed by atoms with Crippen molar-refractivity contribution in [3.8, 4) is 0 Å². The van der Waals surface area contributed by atoms with E-state index in [2.05, 4.69) is 17.1 Å². The fourth-order valence-electron chi connectivity index (χ4n) is 3.37. The van der Waals surface area contributed by atoms with Crippen LogP contribution in [0, 0.1) is 5.92 Å². The van der Waals surface area contributed by atoms with Gasteiger partial charge < -0.3 is 4.98 Å². The number of carbonyl (C=O) groups is 1. The minimum absolute atomic E-state index is 0.00470. The summed E-state index contributed by atoms with van der Waals surface area (Å²) in [7, 11) is 0. The van der Waals surface area contributed by atoms with Gasteiger partial charge in [0.25, 0.3) is 0 Å². The Labute approximate surface area is 127 Å². The maximum atomic E-state index is 12.8. The predicted octanol–water partition coefficient (Wildman–Crippen LogP) is 3.13. The number of nitrogens with one attached hydrogen (secondary N) is 1. The molecule has 1 unspecified atom stereocenters. The Morgan fingerprint density at radius 2 is 1.77 bits per heavy atom. The lowest BCUT2D eigenvalue weighted by Gasteiger charge is -2.07. The van der Waals surface area contributed by atoms with E-state index < -0.39 is 0 Å². The number of hydrogen-bond donors (Lipinski definition) is 1. The van der Waals surface area contributed by atoms with Crippen molar-refractivity contribution in [3.05, 3.63) is 81.6 Å². The number of ketones is 1. The van der Waals surface area contributed by atoms with Crippen molar-refractivity contribution in [3.63, 3.8) is 0 Å². The molecule has 22 heavy (non-hydrogen) atoms. The predicted molar refractivity (Wildman–Crippen MR) is 86.2 cm³/mol. The third-order valence-electron chi connectivity index (χ3n) is 4.40. The fraction of sp³-hybridized carbons (Fsp3) is 0.158. The molecule has 0 saturated heterocycles. The van der Waals surface area contributed by atoms with Gasteiger partial charge in [-0.15, -0.1) is 0 Å². The zero-order valence-corrected chi connectivity index (χ0v) is 12.0. The van der Waals surface area contributed by atoms with E-state index in [1.54, 1.807) is 6.07 Å². The van der Waals surface area contributed by atoms with E-state index in [1.807, 2.05) is 30.3 Å². The van der Waals surface area contributed by atoms with Crippen LogP contribution in [0.1, 0.15) is 21.5 Å². The second kappa shape index (κ2) is 4.95. The van der Waals surface area contributed by atoms with Crippen LogP contribution in [0.2, 0.25) is 0 Å². The maximum Gasteiger partial charge on any atom is 0.248 e. The Hall–Kier alpha value is -2.68. The number of H-pyrrole nitrogens is 1. The SMILES string of the molecule is O=C1c2c(ccc3[nH]c(=O)ccc23)CC1Cc1ccccc1. The highest BCUT2D eigenvalue weighted by Crippen LogP contribution is 2.33. The minimum Gasteiger partial charge on any atom is -0.322 e. The molecule has 108 valence electrons. The molecule has 1 atom stereocenters. The van der Waals surface area contributed by atoms with Gasteiger partial charge in [-0.05, 0) is 36.1 Å². The van der Waals surface area contributed by atoms with Gasteiger partial charge in [-0.25, -0.2) is 0 Å². The molecule has 3 nitrogen and oxygen atoms in total. The molecule has 3 aromatic rings. The van der Waals surface area contributed by atoms with Gasteiger partial charge in [0.2, 0.25) is 5.56 Å². The summed E-state index contributed by atoms with van der Waals surface area (Å²) in [6, 6.07) is 17.2. The zero-order chi connectivity index (χ0) is 15.1. The van der Waals surface area contributed by atoms with Gasteiger partial charge >= 0.3 is 0 Å². The first-order chi connectivity index (χ1) is 10.7. The van der Waals surface area contributed by atoms with Gasteiger partial charge in [-0.1, -0.05) is 36.4 Å². The molecule has 1 aliphatic rings. The van der Waals surface area contributed by atoms with E-state index in [0.29, 0.717) is 0 Å². The maximum absolute atomic E-state index is 12.8. The molecule has 2 aromatic carbocycles. The number of rotatable bonds is 2. The summed E-state index contributed by atoms with van der Waals surface area (Å²) in [5.74, 6) is 0.187. The third kappa shape index (κ3) is 2.06. The van der Waals surface area contributed by atoms with Crippen molar-refractivity contribution >= 4 is 16.7 Å². The Kier molecular flexibility index (Phi) is 2.93. The highest BCUT2D eigenvalue weighted by atomic mass is 16.1. The van der Waals surface area contributed by atoms with Gasteiger partial charge in [0, 0.05) is 28.5 Å². The van der Waals surface area contributed by atoms with Crippen LogP contribution in [-0.2, 0) is 12.8 Å². The molecule has 0 radical (unpaired) electrons. The van der Waals surface area contributed by atoms with Gasteiger partial charge in [0.1, 0.15) is 0 Å². The smallest absolute Gasteiger partial charge is 0.248 e. The summed E-state index contributed by atoms with van der Waals surface area (Å²) < 4.78 is 0. The van der Waals surface area contributed by atoms with Crippen LogP contribution in [0.5, 0.6) is 0 Å². The molecule has 0 bridgehead atoms. The van der Waals surface area contributed by atoms with Crippen LogP contribution in [0.15, 0.2) is 59.4 Å². The Morgan fingerprint density at radius 1 is 0.955 bits per heavy atom. The van der Waals surface area contributed by atoms with Crippen LogP contribution in [-0.4, -0.2) is 10.8 Å². The zero-order valence-electron chi connectivity index (χ0n) is 12.0. The van der Waals surface area contributed by atoms with Crippen LogP contribution >= 0.6 is 0 Å². The molecule has 3 heteroatoms. The lowest BCUT2D eigenvalue weighted by atomic mass is 9.95. The summed E-state index contributed by atoms with van der Waals surface area (Å²) in [6.45, 7) is 0. The van der Waals surface area contributed by atoms with Crippen molar-refractivity contribution in [2.75, 3.05) is 0 Å². The Bertz CT molecular complexity index is 925. The summed E-state index contributed by atoms with van der Waals surface area (Å²) in [4.78, 5) is 27.0. The van der Waals surface area contributed by atoms with E-state index in [4.69, 9.17) is 0 Å². The highest BCUT2D eigenvalue weighted by Gasteiger charge is 2.32. The van der Waals surface area contributed by atoms with Gasteiger partial charge in [0.05, 0.1) is 0 Å². The van der Waals surface area contributed by atoms with Crippen molar-refractivity contribution in [2.24, 2.45) is 5.92 Å². The number of aromatic nitrogens is 1. The topological polar surface area (TPSA) is 49.9 Å². The lowest BCUT2D eigenvalue weighted by Crippen LogP contribution is -2.12. The molecule has 0 amide bonds. The summed E-state index contributed by atoms with van der Waals surface area (Å²) in [5.41, 5.74) is 3.66. The molecule has 1 heterocycles. The van der Waals surface area contributed by atoms with E-state index >= 15 is 0 Å². The molecule has 1 N–H and O–H groups in total. The average molecular weight is 289 g/mol. The quantitative estimate of drug-likeness (QED) is 0.788. The Morgan fingerprint density at radius 3 is 2.59 bits per heavy atom. The first kappa shape index (κ1) is 13.0. The van der Waals surface area contributed by atoms with Crippen molar-refractivity contribution in [1.82, 2.24) is 4.98 Å². The summed E-state index contributed by atoms with van der Waals surface area (Å²) in [6.07, 6.45) is 1.54.